The zero-order valence-electron chi connectivity index (χ0n) is 22.6. The number of carbonyl (C=O) groups excluding carboxylic acids is 2. The number of rotatable bonds is 9. The quantitative estimate of drug-likeness (QED) is 0.305. The van der Waals surface area contributed by atoms with Crippen molar-refractivity contribution in [1.29, 1.82) is 0 Å². The van der Waals surface area contributed by atoms with Crippen molar-refractivity contribution in [1.82, 2.24) is 25.1 Å². The van der Waals surface area contributed by atoms with Gasteiger partial charge in [-0.25, -0.2) is 5.01 Å². The first-order valence-corrected chi connectivity index (χ1v) is 13.9. The molecule has 0 fully saturated rings. The van der Waals surface area contributed by atoms with Crippen LogP contribution in [0.2, 0.25) is 0 Å². The smallest absolute Gasteiger partial charge is 0.253 e. The molecule has 1 atom stereocenters. The van der Waals surface area contributed by atoms with Gasteiger partial charge in [-0.1, -0.05) is 59.8 Å². The number of thioether (sulfide) groups is 1. The molecule has 0 bridgehead atoms. The van der Waals surface area contributed by atoms with Crippen LogP contribution in [0.5, 0.6) is 5.75 Å². The normalized spacial score (nSPS) is 14.6. The summed E-state index contributed by atoms with van der Waals surface area (Å²) in [6, 6.07) is 24.7. The van der Waals surface area contributed by atoms with E-state index in [-0.39, 0.29) is 30.2 Å². The predicted molar refractivity (Wildman–Crippen MR) is 154 cm³/mol. The molecule has 1 aromatic heterocycles. The molecule has 3 aromatic carbocycles. The summed E-state index contributed by atoms with van der Waals surface area (Å²) in [5.41, 5.74) is 4.57. The number of ether oxygens (including phenoxy) is 1. The average molecular weight is 555 g/mol. The minimum Gasteiger partial charge on any atom is -0.497 e. The molecule has 0 radical (unpaired) electrons. The van der Waals surface area contributed by atoms with Gasteiger partial charge in [-0.2, -0.15) is 5.10 Å². The third kappa shape index (κ3) is 6.07. The second-order valence-corrected chi connectivity index (χ2v) is 10.4. The third-order valence-electron chi connectivity index (χ3n) is 6.74. The van der Waals surface area contributed by atoms with E-state index in [0.717, 1.165) is 28.2 Å². The fourth-order valence-corrected chi connectivity index (χ4v) is 5.20. The number of nitrogens with zero attached hydrogens (tertiary/aromatic N) is 5. The highest BCUT2D eigenvalue weighted by atomic mass is 32.2. The maximum atomic E-state index is 13.5. The van der Waals surface area contributed by atoms with E-state index in [2.05, 4.69) is 39.8 Å². The molecule has 4 aromatic rings. The number of hydrogen-bond acceptors (Lipinski definition) is 7. The van der Waals surface area contributed by atoms with Crippen LogP contribution in [-0.2, 0) is 18.4 Å². The summed E-state index contributed by atoms with van der Waals surface area (Å²) in [4.78, 5) is 25.9. The van der Waals surface area contributed by atoms with Gasteiger partial charge in [0.2, 0.25) is 0 Å². The monoisotopic (exact) mass is 554 g/mol. The van der Waals surface area contributed by atoms with E-state index in [9.17, 15) is 9.59 Å². The minimum absolute atomic E-state index is 0.124. The van der Waals surface area contributed by atoms with E-state index in [1.54, 1.807) is 28.8 Å². The van der Waals surface area contributed by atoms with Crippen LogP contribution in [-0.4, -0.2) is 50.2 Å². The van der Waals surface area contributed by atoms with Gasteiger partial charge in [-0.3, -0.25) is 9.59 Å². The number of aromatic nitrogens is 3. The SMILES string of the molecule is COc1ccc(C2=NN(C(=O)CSc3nnc(CNC(=O)c4ccccc4)n3C)[C@@H](c3ccc(C)cc3)C2)cc1. The number of carbonyl (C=O) groups is 2. The molecule has 1 N–H and O–H groups in total. The van der Waals surface area contributed by atoms with Crippen molar-refractivity contribution in [3.63, 3.8) is 0 Å². The van der Waals surface area contributed by atoms with E-state index < -0.39 is 0 Å². The summed E-state index contributed by atoms with van der Waals surface area (Å²) in [6.45, 7) is 2.27. The van der Waals surface area contributed by atoms with Crippen molar-refractivity contribution in [2.24, 2.45) is 12.1 Å². The largest absolute Gasteiger partial charge is 0.497 e. The summed E-state index contributed by atoms with van der Waals surface area (Å²) in [6.07, 6.45) is 0.612. The van der Waals surface area contributed by atoms with Gasteiger partial charge < -0.3 is 14.6 Å². The molecule has 1 aliphatic heterocycles. The molecule has 1 aliphatic rings. The van der Waals surface area contributed by atoms with Crippen molar-refractivity contribution in [2.45, 2.75) is 31.1 Å². The lowest BCUT2D eigenvalue weighted by Gasteiger charge is -2.22. The van der Waals surface area contributed by atoms with Crippen molar-refractivity contribution < 1.29 is 14.3 Å². The molecular weight excluding hydrogens is 524 g/mol. The highest BCUT2D eigenvalue weighted by Gasteiger charge is 2.33. The molecule has 0 saturated heterocycles. The molecule has 10 heteroatoms. The molecule has 0 aliphatic carbocycles. The van der Waals surface area contributed by atoms with Crippen LogP contribution in [0.15, 0.2) is 89.1 Å². The fourth-order valence-electron chi connectivity index (χ4n) is 4.41. The second-order valence-electron chi connectivity index (χ2n) is 9.44. The third-order valence-corrected chi connectivity index (χ3v) is 7.75. The van der Waals surface area contributed by atoms with Crippen LogP contribution in [0.1, 0.15) is 45.3 Å². The van der Waals surface area contributed by atoms with E-state index in [4.69, 9.17) is 9.84 Å². The number of hydrogen-bond donors (Lipinski definition) is 1. The Morgan fingerprint density at radius 1 is 1.00 bits per heavy atom. The summed E-state index contributed by atoms with van der Waals surface area (Å²) in [5, 5.41) is 18.3. The van der Waals surface area contributed by atoms with Gasteiger partial charge in [0.1, 0.15) is 5.75 Å². The molecule has 9 nitrogen and oxygen atoms in total. The Hall–Kier alpha value is -4.44. The number of methoxy groups -OCH3 is 1. The number of amides is 2. The Labute approximate surface area is 237 Å². The Bertz CT molecular complexity index is 1520. The van der Waals surface area contributed by atoms with Gasteiger partial charge in [-0.15, -0.1) is 10.2 Å². The van der Waals surface area contributed by atoms with Gasteiger partial charge in [0.05, 0.1) is 31.2 Å². The van der Waals surface area contributed by atoms with E-state index in [1.165, 1.54) is 11.8 Å². The van der Waals surface area contributed by atoms with Gasteiger partial charge in [0, 0.05) is 19.0 Å². The second kappa shape index (κ2) is 12.2. The number of benzene rings is 3. The summed E-state index contributed by atoms with van der Waals surface area (Å²) in [7, 11) is 3.45. The summed E-state index contributed by atoms with van der Waals surface area (Å²) >= 11 is 1.29. The van der Waals surface area contributed by atoms with Crippen LogP contribution in [0.4, 0.5) is 0 Å². The number of hydrazone groups is 1. The van der Waals surface area contributed by atoms with Crippen LogP contribution in [0, 0.1) is 6.92 Å². The first-order chi connectivity index (χ1) is 19.4. The Morgan fingerprint density at radius 2 is 1.73 bits per heavy atom. The standard InChI is InChI=1S/C30H30N6O3S/c1-20-9-11-22(12-10-20)26-17-25(21-13-15-24(39-3)16-14-21)34-36(26)28(37)19-40-30-33-32-27(35(30)2)18-31-29(38)23-7-5-4-6-8-23/h4-16,26H,17-19H2,1-3H3,(H,31,38)/t26-/m1/s1. The molecule has 0 spiro atoms. The number of aryl methyl sites for hydroxylation is 1. The Morgan fingerprint density at radius 3 is 2.42 bits per heavy atom. The van der Waals surface area contributed by atoms with Crippen LogP contribution >= 0.6 is 11.8 Å². The van der Waals surface area contributed by atoms with Gasteiger partial charge in [-0.05, 0) is 54.4 Å². The molecule has 2 amide bonds. The lowest BCUT2D eigenvalue weighted by Crippen LogP contribution is -2.28. The maximum absolute atomic E-state index is 13.5. The first kappa shape index (κ1) is 27.1. The molecule has 5 rings (SSSR count). The lowest BCUT2D eigenvalue weighted by atomic mass is 9.97. The van der Waals surface area contributed by atoms with E-state index >= 15 is 0 Å². The minimum atomic E-state index is -0.200. The van der Waals surface area contributed by atoms with Gasteiger partial charge in [0.25, 0.3) is 11.8 Å². The molecule has 0 saturated carbocycles. The first-order valence-electron chi connectivity index (χ1n) is 12.9. The average Bonchev–Trinajstić information content (AvgIpc) is 3.59. The van der Waals surface area contributed by atoms with Crippen molar-refractivity contribution in [3.05, 3.63) is 107 Å². The Balaban J connectivity index is 1.27. The fraction of sp³-hybridized carbons (Fsp3) is 0.233. The highest BCUT2D eigenvalue weighted by Crippen LogP contribution is 2.34. The van der Waals surface area contributed by atoms with Gasteiger partial charge in [0.15, 0.2) is 11.0 Å². The highest BCUT2D eigenvalue weighted by molar-refractivity contribution is 7.99. The van der Waals surface area contributed by atoms with Crippen molar-refractivity contribution >= 4 is 29.3 Å². The van der Waals surface area contributed by atoms with Crippen LogP contribution in [0.3, 0.4) is 0 Å². The zero-order chi connectivity index (χ0) is 28.1. The molecule has 2 heterocycles. The predicted octanol–water partition coefficient (Wildman–Crippen LogP) is 4.53. The van der Waals surface area contributed by atoms with Gasteiger partial charge >= 0.3 is 0 Å². The van der Waals surface area contributed by atoms with Crippen molar-refractivity contribution in [2.75, 3.05) is 12.9 Å². The van der Waals surface area contributed by atoms with E-state index in [0.29, 0.717) is 23.0 Å². The van der Waals surface area contributed by atoms with Crippen LogP contribution in [0.25, 0.3) is 0 Å². The molecular formula is C30H30N6O3S. The Kier molecular flexibility index (Phi) is 8.26. The van der Waals surface area contributed by atoms with E-state index in [1.807, 2.05) is 56.4 Å². The molecule has 204 valence electrons. The number of nitrogens with one attached hydrogen (secondary N) is 1. The van der Waals surface area contributed by atoms with Crippen molar-refractivity contribution in [3.8, 4) is 5.75 Å². The lowest BCUT2D eigenvalue weighted by molar-refractivity contribution is -0.130. The summed E-state index contributed by atoms with van der Waals surface area (Å²) in [5.74, 6) is 1.20. The maximum Gasteiger partial charge on any atom is 0.253 e. The topological polar surface area (TPSA) is 102 Å². The molecule has 0 unspecified atom stereocenters. The summed E-state index contributed by atoms with van der Waals surface area (Å²) < 4.78 is 7.07. The molecule has 40 heavy (non-hydrogen) atoms. The van der Waals surface area contributed by atoms with Crippen LogP contribution < -0.4 is 10.1 Å². The zero-order valence-corrected chi connectivity index (χ0v) is 23.4.